The van der Waals surface area contributed by atoms with Crippen LogP contribution in [0, 0.1) is 0 Å². The summed E-state index contributed by atoms with van der Waals surface area (Å²) in [5.41, 5.74) is -1.31. The molecule has 0 aromatic carbocycles. The molecule has 0 aliphatic heterocycles. The highest BCUT2D eigenvalue weighted by Crippen LogP contribution is 2.25. The first-order valence-corrected chi connectivity index (χ1v) is 8.48. The highest BCUT2D eigenvalue weighted by atomic mass is 16.6. The zero-order chi connectivity index (χ0) is 18.6. The summed E-state index contributed by atoms with van der Waals surface area (Å²) in [4.78, 5) is 23.5. The Kier molecular flexibility index (Phi) is 10.8. The van der Waals surface area contributed by atoms with E-state index in [1.54, 1.807) is 0 Å². The largest absolute Gasteiger partial charge is 0.460 e. The van der Waals surface area contributed by atoms with E-state index in [-0.39, 0.29) is 31.7 Å². The maximum absolute atomic E-state index is 11.8. The number of carbonyl (C=O) groups is 2. The van der Waals surface area contributed by atoms with Gasteiger partial charge in [0.1, 0.15) is 11.2 Å². The lowest BCUT2D eigenvalue weighted by atomic mass is 9.93. The minimum absolute atomic E-state index is 0.0332. The van der Waals surface area contributed by atoms with Gasteiger partial charge in [0.15, 0.2) is 0 Å². The lowest BCUT2D eigenvalue weighted by Crippen LogP contribution is -2.37. The molecule has 0 amide bonds. The van der Waals surface area contributed by atoms with E-state index in [9.17, 15) is 9.59 Å². The maximum Gasteiger partial charge on any atom is 0.320 e. The molecule has 0 rings (SSSR count). The number of ether oxygens (including phenoxy) is 2. The highest BCUT2D eigenvalue weighted by molar-refractivity contribution is 5.72. The summed E-state index contributed by atoms with van der Waals surface area (Å²) in [7, 11) is 0. The molecule has 7 nitrogen and oxygen atoms in total. The monoisotopic (exact) mass is 347 g/mol. The Bertz CT molecular complexity index is 345. The SMILES string of the molecule is CC(C)(CCC(C)(C)OC(=O)CNCCO)OC(=O)CCCCO. The third kappa shape index (κ3) is 12.3. The summed E-state index contributed by atoms with van der Waals surface area (Å²) >= 11 is 0. The Balaban J connectivity index is 4.21. The van der Waals surface area contributed by atoms with Gasteiger partial charge in [-0.15, -0.1) is 0 Å². The zero-order valence-electron chi connectivity index (χ0n) is 15.4. The second-order valence-electron chi connectivity index (χ2n) is 7.05. The molecule has 0 radical (unpaired) electrons. The number of esters is 2. The third-order valence-corrected chi connectivity index (χ3v) is 3.46. The van der Waals surface area contributed by atoms with Crippen LogP contribution in [0.3, 0.4) is 0 Å². The normalized spacial score (nSPS) is 12.1. The van der Waals surface area contributed by atoms with Crippen molar-refractivity contribution in [2.75, 3.05) is 26.3 Å². The van der Waals surface area contributed by atoms with Crippen LogP contribution in [0.1, 0.15) is 59.8 Å². The average Bonchev–Trinajstić information content (AvgIpc) is 2.45. The van der Waals surface area contributed by atoms with Crippen LogP contribution < -0.4 is 5.32 Å². The quantitative estimate of drug-likeness (QED) is 0.339. The predicted octanol–water partition coefficient (Wildman–Crippen LogP) is 1.15. The van der Waals surface area contributed by atoms with E-state index in [0.29, 0.717) is 38.6 Å². The molecule has 142 valence electrons. The second kappa shape index (κ2) is 11.4. The van der Waals surface area contributed by atoms with Crippen LogP contribution in [-0.4, -0.2) is 59.7 Å². The van der Waals surface area contributed by atoms with Gasteiger partial charge in [-0.25, -0.2) is 0 Å². The van der Waals surface area contributed by atoms with Crippen LogP contribution in [0.2, 0.25) is 0 Å². The van der Waals surface area contributed by atoms with Crippen molar-refractivity contribution in [3.8, 4) is 0 Å². The van der Waals surface area contributed by atoms with Crippen LogP contribution in [-0.2, 0) is 19.1 Å². The van der Waals surface area contributed by atoms with E-state index in [4.69, 9.17) is 19.7 Å². The minimum atomic E-state index is -0.668. The Morgan fingerprint density at radius 1 is 0.875 bits per heavy atom. The summed E-state index contributed by atoms with van der Waals surface area (Å²) in [5, 5.41) is 20.1. The number of hydrogen-bond acceptors (Lipinski definition) is 7. The van der Waals surface area contributed by atoms with Crippen molar-refractivity contribution in [1.82, 2.24) is 5.32 Å². The number of rotatable bonds is 13. The molecule has 0 saturated carbocycles. The Labute approximate surface area is 144 Å². The van der Waals surface area contributed by atoms with Crippen LogP contribution in [0.25, 0.3) is 0 Å². The second-order valence-corrected chi connectivity index (χ2v) is 7.05. The third-order valence-electron chi connectivity index (χ3n) is 3.46. The molecule has 0 aromatic rings. The Morgan fingerprint density at radius 3 is 1.92 bits per heavy atom. The molecule has 7 heteroatoms. The minimum Gasteiger partial charge on any atom is -0.460 e. The van der Waals surface area contributed by atoms with Gasteiger partial charge in [0, 0.05) is 19.6 Å². The van der Waals surface area contributed by atoms with Crippen LogP contribution in [0.4, 0.5) is 0 Å². The lowest BCUT2D eigenvalue weighted by Gasteiger charge is -2.31. The van der Waals surface area contributed by atoms with Crippen molar-refractivity contribution in [3.63, 3.8) is 0 Å². The van der Waals surface area contributed by atoms with E-state index in [0.717, 1.165) is 0 Å². The summed E-state index contributed by atoms with van der Waals surface area (Å²) < 4.78 is 10.9. The van der Waals surface area contributed by atoms with Crippen molar-refractivity contribution in [2.24, 2.45) is 0 Å². The standard InChI is InChI=1S/C17H33NO6/c1-16(2,23-14(21)7-5-6-11-19)8-9-17(3,4)24-15(22)13-18-10-12-20/h18-20H,5-13H2,1-4H3. The molecule has 0 bridgehead atoms. The number of unbranched alkanes of at least 4 members (excludes halogenated alkanes) is 1. The Morgan fingerprint density at radius 2 is 1.42 bits per heavy atom. The molecule has 0 saturated heterocycles. The van der Waals surface area contributed by atoms with Crippen molar-refractivity contribution >= 4 is 11.9 Å². The van der Waals surface area contributed by atoms with Crippen LogP contribution in [0.15, 0.2) is 0 Å². The summed E-state index contributed by atoms with van der Waals surface area (Å²) in [5.74, 6) is -0.663. The first-order chi connectivity index (χ1) is 11.1. The van der Waals surface area contributed by atoms with Crippen LogP contribution in [0.5, 0.6) is 0 Å². The van der Waals surface area contributed by atoms with Gasteiger partial charge >= 0.3 is 11.9 Å². The summed E-state index contributed by atoms with van der Waals surface area (Å²) in [6.07, 6.45) is 2.59. The van der Waals surface area contributed by atoms with Crippen molar-refractivity contribution in [2.45, 2.75) is 71.0 Å². The molecule has 0 atom stereocenters. The molecule has 24 heavy (non-hydrogen) atoms. The first kappa shape index (κ1) is 22.8. The zero-order valence-corrected chi connectivity index (χ0v) is 15.4. The average molecular weight is 347 g/mol. The number of aliphatic hydroxyl groups excluding tert-OH is 2. The van der Waals surface area contributed by atoms with Gasteiger partial charge in [-0.1, -0.05) is 0 Å². The highest BCUT2D eigenvalue weighted by Gasteiger charge is 2.29. The number of nitrogens with one attached hydrogen (secondary N) is 1. The van der Waals surface area contributed by atoms with Gasteiger partial charge in [0.05, 0.1) is 13.2 Å². The molecule has 0 aliphatic carbocycles. The molecule has 0 aromatic heterocycles. The van der Waals surface area contributed by atoms with Gasteiger partial charge in [0.2, 0.25) is 0 Å². The number of aliphatic hydroxyl groups is 2. The fraction of sp³-hybridized carbons (Fsp3) is 0.882. The van der Waals surface area contributed by atoms with Crippen molar-refractivity contribution in [3.05, 3.63) is 0 Å². The number of carbonyl (C=O) groups excluding carboxylic acids is 2. The molecule has 0 heterocycles. The van der Waals surface area contributed by atoms with Gasteiger partial charge in [-0.05, 0) is 53.4 Å². The van der Waals surface area contributed by atoms with Crippen molar-refractivity contribution < 1.29 is 29.3 Å². The maximum atomic E-state index is 11.8. The fourth-order valence-electron chi connectivity index (χ4n) is 2.06. The fourth-order valence-corrected chi connectivity index (χ4v) is 2.06. The number of hydrogen-bond donors (Lipinski definition) is 3. The molecular formula is C17H33NO6. The molecule has 0 spiro atoms. The molecule has 0 unspecified atom stereocenters. The molecule has 3 N–H and O–H groups in total. The van der Waals surface area contributed by atoms with Gasteiger partial charge in [-0.3, -0.25) is 9.59 Å². The molecule has 0 fully saturated rings. The predicted molar refractivity (Wildman–Crippen MR) is 90.5 cm³/mol. The van der Waals surface area contributed by atoms with Gasteiger partial charge in [-0.2, -0.15) is 0 Å². The van der Waals surface area contributed by atoms with Crippen LogP contribution >= 0.6 is 0 Å². The molecular weight excluding hydrogens is 314 g/mol. The van der Waals surface area contributed by atoms with E-state index in [1.165, 1.54) is 0 Å². The van der Waals surface area contributed by atoms with E-state index in [2.05, 4.69) is 5.32 Å². The van der Waals surface area contributed by atoms with Gasteiger partial charge in [0.25, 0.3) is 0 Å². The van der Waals surface area contributed by atoms with E-state index in [1.807, 2.05) is 27.7 Å². The Hall–Kier alpha value is -1.18. The summed E-state index contributed by atoms with van der Waals surface area (Å²) in [6, 6.07) is 0. The first-order valence-electron chi connectivity index (χ1n) is 8.48. The summed E-state index contributed by atoms with van der Waals surface area (Å²) in [6.45, 7) is 7.72. The molecule has 0 aliphatic rings. The van der Waals surface area contributed by atoms with E-state index >= 15 is 0 Å². The lowest BCUT2D eigenvalue weighted by molar-refractivity contribution is -0.163. The van der Waals surface area contributed by atoms with Gasteiger partial charge < -0.3 is 25.0 Å². The topological polar surface area (TPSA) is 105 Å². The van der Waals surface area contributed by atoms with Crippen molar-refractivity contribution in [1.29, 1.82) is 0 Å². The van der Waals surface area contributed by atoms with E-state index < -0.39 is 11.2 Å². The smallest absolute Gasteiger partial charge is 0.320 e.